The van der Waals surface area contributed by atoms with Gasteiger partial charge in [-0.2, -0.15) is 0 Å². The predicted octanol–water partition coefficient (Wildman–Crippen LogP) is 7.99. The van der Waals surface area contributed by atoms with Gasteiger partial charge in [-0.25, -0.2) is 4.39 Å². The van der Waals surface area contributed by atoms with Crippen LogP contribution in [0.3, 0.4) is 0 Å². The molecule has 4 N–H and O–H groups in total. The average Bonchev–Trinajstić information content (AvgIpc) is 4.23. The van der Waals surface area contributed by atoms with Gasteiger partial charge in [0.15, 0.2) is 11.6 Å². The molecule has 0 unspecified atom stereocenters. The molecule has 18 nitrogen and oxygen atoms in total. The van der Waals surface area contributed by atoms with Crippen molar-refractivity contribution in [3.05, 3.63) is 101 Å². The van der Waals surface area contributed by atoms with Crippen molar-refractivity contribution in [2.75, 3.05) is 92.1 Å². The number of carbonyl (C=O) groups excluding carboxylic acids is 2. The first-order valence-corrected chi connectivity index (χ1v) is 26.6. The van der Waals surface area contributed by atoms with Crippen molar-refractivity contribution in [1.82, 2.24) is 54.9 Å². The highest BCUT2D eigenvalue weighted by Gasteiger charge is 2.29. The van der Waals surface area contributed by atoms with E-state index in [1.807, 2.05) is 39.0 Å². The lowest BCUT2D eigenvalue weighted by atomic mass is 9.98. The van der Waals surface area contributed by atoms with Crippen LogP contribution in [0.25, 0.3) is 34.2 Å². The van der Waals surface area contributed by atoms with Gasteiger partial charge in [-0.1, -0.05) is 53.5 Å². The van der Waals surface area contributed by atoms with Gasteiger partial charge in [0, 0.05) is 101 Å². The number of anilines is 1. The minimum Gasteiger partial charge on any atom is -0.507 e. The Balaban J connectivity index is 0.000000201. The maximum atomic E-state index is 15.4. The van der Waals surface area contributed by atoms with E-state index >= 15 is 4.39 Å². The molecule has 2 saturated heterocycles. The smallest absolute Gasteiger partial charge is 0.289 e. The molecule has 0 bridgehead atoms. The summed E-state index contributed by atoms with van der Waals surface area (Å²) >= 11 is 0. The second kappa shape index (κ2) is 24.7. The molecule has 3 fully saturated rings. The number of hydrogen-bond donors (Lipinski definition) is 4. The number of hydrogen-bond acceptors (Lipinski definition) is 14. The van der Waals surface area contributed by atoms with Gasteiger partial charge in [-0.05, 0) is 105 Å². The van der Waals surface area contributed by atoms with Crippen LogP contribution in [0.15, 0.2) is 66.7 Å². The van der Waals surface area contributed by atoms with Crippen molar-refractivity contribution in [3.63, 3.8) is 0 Å². The molecule has 3 aliphatic rings. The van der Waals surface area contributed by atoms with E-state index in [2.05, 4.69) is 90.7 Å². The standard InChI is InChI=1S/C29H38N6O3.C28H37FN6O3/c1-19(2)23-17-24(25(36)18-26(23)38-4)27-31-32-28(29(37)30-20-7-5-6-8-20)35(27)22-11-9-21(10-12-22)34-15-13-33(3)14-16-34;1-6-9-30-28(37)27-32-31-26(22-15-21(18(2)3)25(38-5)16-24(22)36)35(27)20-8-7-19(23(29)14-20)17-34-12-10-33(4)11-13-34/h9-12,17-20,36H,5-8,13-16H2,1-4H3,(H,30,37);7-8,14-16,18,36H,6,9-13,17H2,1-5H3,(H,30,37). The minimum atomic E-state index is -0.426. The molecule has 406 valence electrons. The number of nitrogens with one attached hydrogen (secondary N) is 2. The maximum absolute atomic E-state index is 15.4. The topological polar surface area (TPSA) is 192 Å². The molecule has 1 aliphatic carbocycles. The molecule has 6 aromatic rings. The fourth-order valence-corrected chi connectivity index (χ4v) is 10.1. The van der Waals surface area contributed by atoms with E-state index in [-0.39, 0.29) is 58.6 Å². The van der Waals surface area contributed by atoms with Crippen molar-refractivity contribution >= 4 is 17.5 Å². The molecule has 76 heavy (non-hydrogen) atoms. The quantitative estimate of drug-likeness (QED) is 0.0729. The Morgan fingerprint density at radius 3 is 1.64 bits per heavy atom. The third-order valence-electron chi connectivity index (χ3n) is 14.6. The number of methoxy groups -OCH3 is 2. The number of nitrogens with zero attached hydrogens (tertiary/aromatic N) is 10. The van der Waals surface area contributed by atoms with Gasteiger partial charge in [-0.15, -0.1) is 20.4 Å². The van der Waals surface area contributed by atoms with Gasteiger partial charge in [-0.3, -0.25) is 23.6 Å². The number of aromatic nitrogens is 6. The number of aromatic hydroxyl groups is 2. The number of likely N-dealkylation sites (N-methyl/N-ethyl adjacent to an activating group) is 2. The van der Waals surface area contributed by atoms with Crippen LogP contribution in [-0.4, -0.2) is 160 Å². The normalized spacial score (nSPS) is 15.8. The van der Waals surface area contributed by atoms with Gasteiger partial charge in [0.25, 0.3) is 11.8 Å². The fraction of sp³-hybridized carbons (Fsp3) is 0.474. The molecule has 9 rings (SSSR count). The van der Waals surface area contributed by atoms with Crippen molar-refractivity contribution < 1.29 is 33.7 Å². The molecule has 4 aromatic carbocycles. The van der Waals surface area contributed by atoms with Gasteiger partial charge < -0.3 is 45.0 Å². The SMILES string of the molecule is CCCNC(=O)c1nnc(-c2cc(C(C)C)c(OC)cc2O)n1-c1ccc(CN2CCN(C)CC2)c(F)c1.COc1cc(O)c(-c2nnc(C(=O)NC3CCCC3)n2-c2ccc(N3CCN(C)CC3)cc2)cc1C(C)C. The fourth-order valence-electron chi connectivity index (χ4n) is 10.1. The molecule has 0 radical (unpaired) electrons. The maximum Gasteiger partial charge on any atom is 0.289 e. The van der Waals surface area contributed by atoms with Crippen LogP contribution >= 0.6 is 0 Å². The molecular weight excluding hydrogens is 968 g/mol. The third kappa shape index (κ3) is 12.4. The third-order valence-corrected chi connectivity index (χ3v) is 14.6. The zero-order valence-corrected chi connectivity index (χ0v) is 45.6. The number of ether oxygens (including phenoxy) is 2. The largest absolute Gasteiger partial charge is 0.507 e. The molecule has 1 saturated carbocycles. The summed E-state index contributed by atoms with van der Waals surface area (Å²) in [6.07, 6.45) is 4.94. The summed E-state index contributed by atoms with van der Waals surface area (Å²) in [5.41, 5.74) is 5.57. The van der Waals surface area contributed by atoms with Crippen LogP contribution in [0.5, 0.6) is 23.0 Å². The van der Waals surface area contributed by atoms with E-state index < -0.39 is 5.91 Å². The molecule has 2 aromatic heterocycles. The summed E-state index contributed by atoms with van der Waals surface area (Å²) in [4.78, 5) is 35.6. The van der Waals surface area contributed by atoms with Crippen LogP contribution < -0.4 is 25.0 Å². The Morgan fingerprint density at radius 2 is 1.14 bits per heavy atom. The highest BCUT2D eigenvalue weighted by atomic mass is 19.1. The van der Waals surface area contributed by atoms with Crippen molar-refractivity contribution in [1.29, 1.82) is 0 Å². The Labute approximate surface area is 445 Å². The highest BCUT2D eigenvalue weighted by Crippen LogP contribution is 2.41. The lowest BCUT2D eigenvalue weighted by molar-refractivity contribution is 0.0922. The first-order valence-electron chi connectivity index (χ1n) is 26.6. The van der Waals surface area contributed by atoms with Crippen LogP contribution in [0.1, 0.15) is 116 Å². The molecule has 0 atom stereocenters. The van der Waals surface area contributed by atoms with Gasteiger partial charge in [0.2, 0.25) is 11.6 Å². The van der Waals surface area contributed by atoms with E-state index in [1.165, 1.54) is 16.7 Å². The minimum absolute atomic E-state index is 0.0148. The number of carbonyl (C=O) groups is 2. The number of amides is 2. The Morgan fingerprint density at radius 1 is 0.658 bits per heavy atom. The Kier molecular flexibility index (Phi) is 17.9. The number of rotatable bonds is 16. The molecule has 2 amide bonds. The molecule has 4 heterocycles. The van der Waals surface area contributed by atoms with Crippen LogP contribution in [0.2, 0.25) is 0 Å². The summed E-state index contributed by atoms with van der Waals surface area (Å²) in [7, 11) is 7.37. The first-order chi connectivity index (χ1) is 36.6. The van der Waals surface area contributed by atoms with Gasteiger partial charge in [0.05, 0.1) is 31.0 Å². The van der Waals surface area contributed by atoms with Crippen LogP contribution in [-0.2, 0) is 6.54 Å². The van der Waals surface area contributed by atoms with E-state index in [4.69, 9.17) is 9.47 Å². The van der Waals surface area contributed by atoms with Gasteiger partial charge in [0.1, 0.15) is 28.8 Å². The second-order valence-electron chi connectivity index (χ2n) is 20.8. The van der Waals surface area contributed by atoms with Gasteiger partial charge >= 0.3 is 0 Å². The number of benzene rings is 4. The highest BCUT2D eigenvalue weighted by molar-refractivity contribution is 5.93. The van der Waals surface area contributed by atoms with E-state index in [0.29, 0.717) is 52.8 Å². The van der Waals surface area contributed by atoms with E-state index in [9.17, 15) is 19.8 Å². The Bertz CT molecular complexity index is 2950. The summed E-state index contributed by atoms with van der Waals surface area (Å²) in [6.45, 7) is 18.7. The van der Waals surface area contributed by atoms with E-state index in [0.717, 1.165) is 107 Å². The second-order valence-corrected chi connectivity index (χ2v) is 20.8. The summed E-state index contributed by atoms with van der Waals surface area (Å²) < 4.78 is 29.7. The Hall–Kier alpha value is -7.09. The van der Waals surface area contributed by atoms with Crippen LogP contribution in [0.4, 0.5) is 10.1 Å². The summed E-state index contributed by atoms with van der Waals surface area (Å²) in [5, 5.41) is 45.1. The van der Waals surface area contributed by atoms with Crippen molar-refractivity contribution in [2.24, 2.45) is 0 Å². The molecule has 2 aliphatic heterocycles. The zero-order chi connectivity index (χ0) is 54.2. The zero-order valence-electron chi connectivity index (χ0n) is 45.6. The lowest BCUT2D eigenvalue weighted by Gasteiger charge is -2.34. The lowest BCUT2D eigenvalue weighted by Crippen LogP contribution is -2.44. The number of phenolic OH excluding ortho intramolecular Hbond substituents is 2. The average molecular weight is 1040 g/mol. The summed E-state index contributed by atoms with van der Waals surface area (Å²) in [5.74, 6) is 1.19. The number of halogens is 1. The monoisotopic (exact) mass is 1040 g/mol. The molecule has 0 spiro atoms. The van der Waals surface area contributed by atoms with Crippen molar-refractivity contribution in [2.45, 2.75) is 91.1 Å². The molecular formula is C57H75FN12O6. The van der Waals surface area contributed by atoms with Crippen LogP contribution in [0, 0.1) is 5.82 Å². The summed E-state index contributed by atoms with van der Waals surface area (Å²) in [6, 6.07) is 20.0. The number of phenols is 2. The van der Waals surface area contributed by atoms with Crippen molar-refractivity contribution in [3.8, 4) is 57.1 Å². The predicted molar refractivity (Wildman–Crippen MR) is 293 cm³/mol. The molecule has 19 heteroatoms. The van der Waals surface area contributed by atoms with E-state index in [1.54, 1.807) is 43.1 Å². The number of piperazine rings is 2. The first kappa shape index (κ1) is 55.2.